The summed E-state index contributed by atoms with van der Waals surface area (Å²) in [6.07, 6.45) is 0.0193. The number of nitrogens with two attached hydrogens (primary N) is 1. The summed E-state index contributed by atoms with van der Waals surface area (Å²) in [5.74, 6) is -1.12. The first kappa shape index (κ1) is 20.1. The van der Waals surface area contributed by atoms with Gasteiger partial charge in [0.25, 0.3) is 11.8 Å². The fraction of sp³-hybridized carbons (Fsp3) is 0.100. The van der Waals surface area contributed by atoms with Gasteiger partial charge in [-0.05, 0) is 24.3 Å². The van der Waals surface area contributed by atoms with Crippen LogP contribution in [-0.4, -0.2) is 29.4 Å². The van der Waals surface area contributed by atoms with Gasteiger partial charge in [0.15, 0.2) is 11.5 Å². The number of carbonyl (C=O) groups is 3. The third-order valence-electron chi connectivity index (χ3n) is 3.93. The molecule has 0 aliphatic rings. The second-order valence-electron chi connectivity index (χ2n) is 6.06. The minimum absolute atomic E-state index is 0.0193. The van der Waals surface area contributed by atoms with Crippen LogP contribution in [0.3, 0.4) is 0 Å². The van der Waals surface area contributed by atoms with E-state index in [1.807, 2.05) is 0 Å². The zero-order valence-electron chi connectivity index (χ0n) is 15.1. The molecule has 0 saturated heterocycles. The molecule has 9 heteroatoms. The fourth-order valence-corrected chi connectivity index (χ4v) is 2.72. The van der Waals surface area contributed by atoms with E-state index in [9.17, 15) is 14.4 Å². The number of anilines is 1. The van der Waals surface area contributed by atoms with E-state index in [1.54, 1.807) is 48.5 Å². The minimum Gasteiger partial charge on any atom is -0.370 e. The average molecular weight is 413 g/mol. The van der Waals surface area contributed by atoms with Gasteiger partial charge in [-0.2, -0.15) is 0 Å². The number of nitrogens with zero attached hydrogens (tertiary/aromatic N) is 1. The van der Waals surface area contributed by atoms with Crippen LogP contribution in [0.25, 0.3) is 11.3 Å². The molecular weight excluding hydrogens is 396 g/mol. The Hall–Kier alpha value is -3.65. The molecule has 0 atom stereocenters. The first-order valence-electron chi connectivity index (χ1n) is 8.63. The van der Waals surface area contributed by atoms with Crippen molar-refractivity contribution in [3.05, 3.63) is 70.9 Å². The van der Waals surface area contributed by atoms with Gasteiger partial charge in [-0.15, -0.1) is 0 Å². The average Bonchev–Trinajstić information content (AvgIpc) is 3.18. The van der Waals surface area contributed by atoms with Crippen LogP contribution in [0.5, 0.6) is 0 Å². The Labute approximate surface area is 171 Å². The number of nitrogens with one attached hydrogen (secondary N) is 2. The smallest absolute Gasteiger partial charge is 0.277 e. The van der Waals surface area contributed by atoms with E-state index in [4.69, 9.17) is 21.9 Å². The highest BCUT2D eigenvalue weighted by molar-refractivity contribution is 6.30. The predicted octanol–water partition coefficient (Wildman–Crippen LogP) is 2.85. The number of primary amides is 1. The van der Waals surface area contributed by atoms with Crippen molar-refractivity contribution in [2.45, 2.75) is 6.42 Å². The van der Waals surface area contributed by atoms with Crippen molar-refractivity contribution < 1.29 is 18.9 Å². The molecule has 3 amide bonds. The van der Waals surface area contributed by atoms with Gasteiger partial charge in [-0.3, -0.25) is 14.4 Å². The lowest BCUT2D eigenvalue weighted by Gasteiger charge is -2.10. The van der Waals surface area contributed by atoms with E-state index >= 15 is 0 Å². The molecule has 0 radical (unpaired) electrons. The molecule has 4 N–H and O–H groups in total. The monoisotopic (exact) mass is 412 g/mol. The van der Waals surface area contributed by atoms with Gasteiger partial charge >= 0.3 is 0 Å². The van der Waals surface area contributed by atoms with Gasteiger partial charge in [0, 0.05) is 29.6 Å². The highest BCUT2D eigenvalue weighted by Crippen LogP contribution is 2.24. The molecule has 3 rings (SSSR count). The van der Waals surface area contributed by atoms with Crippen LogP contribution in [-0.2, 0) is 4.79 Å². The summed E-state index contributed by atoms with van der Waals surface area (Å²) in [6.45, 7) is 0.0999. The minimum atomic E-state index is -0.542. The molecule has 1 aromatic heterocycles. The first-order valence-corrected chi connectivity index (χ1v) is 9.01. The molecule has 3 aromatic rings. The zero-order valence-corrected chi connectivity index (χ0v) is 15.9. The Bertz CT molecular complexity index is 1060. The summed E-state index contributed by atoms with van der Waals surface area (Å²) in [5.41, 5.74) is 6.32. The SMILES string of the molecule is NC(=O)CCNC(=O)c1ccccc1NC(=O)c1cc(-c2cccc(Cl)c2)on1. The molecule has 0 aliphatic heterocycles. The van der Waals surface area contributed by atoms with Gasteiger partial charge < -0.3 is 20.9 Å². The van der Waals surface area contributed by atoms with Gasteiger partial charge in [-0.25, -0.2) is 0 Å². The molecule has 0 fully saturated rings. The van der Waals surface area contributed by atoms with Crippen molar-refractivity contribution in [1.29, 1.82) is 0 Å². The van der Waals surface area contributed by atoms with Crippen molar-refractivity contribution in [3.63, 3.8) is 0 Å². The molecule has 0 spiro atoms. The molecule has 148 valence electrons. The van der Waals surface area contributed by atoms with Crippen molar-refractivity contribution in [2.75, 3.05) is 11.9 Å². The zero-order chi connectivity index (χ0) is 20.8. The van der Waals surface area contributed by atoms with Crippen molar-refractivity contribution in [1.82, 2.24) is 10.5 Å². The topological polar surface area (TPSA) is 127 Å². The Morgan fingerprint density at radius 2 is 1.83 bits per heavy atom. The van der Waals surface area contributed by atoms with Crippen LogP contribution in [0.2, 0.25) is 5.02 Å². The van der Waals surface area contributed by atoms with Crippen LogP contribution in [0, 0.1) is 0 Å². The third kappa shape index (κ3) is 5.20. The molecule has 0 aliphatic carbocycles. The molecule has 0 unspecified atom stereocenters. The van der Waals surface area contributed by atoms with Gasteiger partial charge in [0.1, 0.15) is 0 Å². The van der Waals surface area contributed by atoms with Crippen LogP contribution in [0.1, 0.15) is 27.3 Å². The molecule has 2 aromatic carbocycles. The summed E-state index contributed by atoms with van der Waals surface area (Å²) in [5, 5.41) is 9.53. The predicted molar refractivity (Wildman–Crippen MR) is 107 cm³/mol. The van der Waals surface area contributed by atoms with Crippen LogP contribution in [0.4, 0.5) is 5.69 Å². The van der Waals surface area contributed by atoms with E-state index in [-0.39, 0.29) is 24.2 Å². The van der Waals surface area contributed by atoms with Crippen LogP contribution < -0.4 is 16.4 Å². The maximum Gasteiger partial charge on any atom is 0.277 e. The van der Waals surface area contributed by atoms with E-state index in [1.165, 1.54) is 6.07 Å². The van der Waals surface area contributed by atoms with Crippen molar-refractivity contribution in [2.24, 2.45) is 5.73 Å². The number of benzene rings is 2. The summed E-state index contributed by atoms with van der Waals surface area (Å²) in [7, 11) is 0. The number of rotatable bonds is 7. The van der Waals surface area contributed by atoms with E-state index in [0.29, 0.717) is 22.0 Å². The Morgan fingerprint density at radius 3 is 2.59 bits per heavy atom. The fourth-order valence-electron chi connectivity index (χ4n) is 2.53. The lowest BCUT2D eigenvalue weighted by molar-refractivity contribution is -0.117. The third-order valence-corrected chi connectivity index (χ3v) is 4.16. The molecule has 1 heterocycles. The largest absolute Gasteiger partial charge is 0.370 e. The number of hydrogen-bond acceptors (Lipinski definition) is 5. The van der Waals surface area contributed by atoms with E-state index in [2.05, 4.69) is 15.8 Å². The molecular formula is C20H17ClN4O4. The highest BCUT2D eigenvalue weighted by Gasteiger charge is 2.17. The molecule has 0 bridgehead atoms. The van der Waals surface area contributed by atoms with E-state index < -0.39 is 17.7 Å². The number of amides is 3. The van der Waals surface area contributed by atoms with Crippen molar-refractivity contribution >= 4 is 35.0 Å². The summed E-state index contributed by atoms with van der Waals surface area (Å²) >= 11 is 5.97. The quantitative estimate of drug-likeness (QED) is 0.549. The Morgan fingerprint density at radius 1 is 1.03 bits per heavy atom. The number of hydrogen-bond donors (Lipinski definition) is 3. The maximum absolute atomic E-state index is 12.6. The highest BCUT2D eigenvalue weighted by atomic mass is 35.5. The molecule has 29 heavy (non-hydrogen) atoms. The van der Waals surface area contributed by atoms with Gasteiger partial charge in [0.05, 0.1) is 11.3 Å². The second-order valence-corrected chi connectivity index (χ2v) is 6.50. The maximum atomic E-state index is 12.6. The first-order chi connectivity index (χ1) is 13.9. The summed E-state index contributed by atoms with van der Waals surface area (Å²) in [4.78, 5) is 35.7. The number of halogens is 1. The number of aromatic nitrogens is 1. The van der Waals surface area contributed by atoms with Crippen molar-refractivity contribution in [3.8, 4) is 11.3 Å². The van der Waals surface area contributed by atoms with E-state index in [0.717, 1.165) is 0 Å². The normalized spacial score (nSPS) is 10.4. The number of para-hydroxylation sites is 1. The molecule has 8 nitrogen and oxygen atoms in total. The molecule has 0 saturated carbocycles. The summed E-state index contributed by atoms with van der Waals surface area (Å²) < 4.78 is 5.23. The Balaban J connectivity index is 1.73. The second kappa shape index (κ2) is 9.03. The van der Waals surface area contributed by atoms with Gasteiger partial charge in [-0.1, -0.05) is 41.0 Å². The lowest BCUT2D eigenvalue weighted by Crippen LogP contribution is -2.28. The summed E-state index contributed by atoms with van der Waals surface area (Å²) in [6, 6.07) is 14.9. The standard InChI is InChI=1S/C20H17ClN4O4/c21-13-5-3-4-12(10-13)17-11-16(25-29-17)20(28)24-15-7-2-1-6-14(15)19(27)23-9-8-18(22)26/h1-7,10-11H,8-9H2,(H2,22,26)(H,23,27)(H,24,28). The van der Waals surface area contributed by atoms with Crippen LogP contribution in [0.15, 0.2) is 59.1 Å². The number of carbonyl (C=O) groups excluding carboxylic acids is 3. The van der Waals surface area contributed by atoms with Gasteiger partial charge in [0.2, 0.25) is 5.91 Å². The Kier molecular flexibility index (Phi) is 6.25. The van der Waals surface area contributed by atoms with Crippen LogP contribution >= 0.6 is 11.6 Å². The lowest BCUT2D eigenvalue weighted by atomic mass is 10.1.